The first-order chi connectivity index (χ1) is 12.3. The predicted octanol–water partition coefficient (Wildman–Crippen LogP) is 1.54. The van der Waals surface area contributed by atoms with Crippen LogP contribution in [0.15, 0.2) is 29.2 Å². The van der Waals surface area contributed by atoms with Crippen LogP contribution in [-0.4, -0.2) is 51.6 Å². The molecule has 7 nitrogen and oxygen atoms in total. The average molecular weight is 402 g/mol. The second kappa shape index (κ2) is 7.93. The van der Waals surface area contributed by atoms with Gasteiger partial charge in [-0.3, -0.25) is 0 Å². The van der Waals surface area contributed by atoms with Gasteiger partial charge in [-0.05, 0) is 49.3 Å². The van der Waals surface area contributed by atoms with Crippen LogP contribution in [0.5, 0.6) is 0 Å². The lowest BCUT2D eigenvalue weighted by Crippen LogP contribution is -2.44. The molecule has 0 saturated carbocycles. The molecule has 0 amide bonds. The number of nitrogens with zero attached hydrogens (tertiary/aromatic N) is 2. The fourth-order valence-electron chi connectivity index (χ4n) is 3.35. The summed E-state index contributed by atoms with van der Waals surface area (Å²) in [6.07, 6.45) is 3.55. The van der Waals surface area contributed by atoms with E-state index in [1.54, 1.807) is 24.3 Å². The van der Waals surface area contributed by atoms with Crippen molar-refractivity contribution in [1.29, 1.82) is 0 Å². The summed E-state index contributed by atoms with van der Waals surface area (Å²) in [6.45, 7) is 4.51. The van der Waals surface area contributed by atoms with Crippen LogP contribution in [0.4, 0.5) is 0 Å². The maximum Gasteiger partial charge on any atom is 0.279 e. The van der Waals surface area contributed by atoms with Gasteiger partial charge in [-0.2, -0.15) is 21.8 Å². The van der Waals surface area contributed by atoms with E-state index in [9.17, 15) is 16.8 Å². The highest BCUT2D eigenvalue weighted by molar-refractivity contribution is 7.89. The number of hydrogen-bond acceptors (Lipinski definition) is 4. The molecule has 0 atom stereocenters. The summed E-state index contributed by atoms with van der Waals surface area (Å²) in [6, 6.07) is 6.45. The van der Waals surface area contributed by atoms with Gasteiger partial charge >= 0.3 is 0 Å². The van der Waals surface area contributed by atoms with Crippen molar-refractivity contribution in [3.05, 3.63) is 29.8 Å². The SMILES string of the molecule is CC1CCN(S(=O)(=O)NCc2ccc(S(=O)(=O)N3CCCC3)cc2)CC1. The van der Waals surface area contributed by atoms with Crippen LogP contribution < -0.4 is 4.72 Å². The van der Waals surface area contributed by atoms with E-state index in [1.165, 1.54) is 8.61 Å². The van der Waals surface area contributed by atoms with Crippen LogP contribution in [0, 0.1) is 5.92 Å². The quantitative estimate of drug-likeness (QED) is 0.783. The molecule has 146 valence electrons. The second-order valence-electron chi connectivity index (χ2n) is 7.16. The van der Waals surface area contributed by atoms with Gasteiger partial charge in [0.05, 0.1) is 4.90 Å². The van der Waals surface area contributed by atoms with Gasteiger partial charge in [0.2, 0.25) is 10.0 Å². The van der Waals surface area contributed by atoms with Crippen LogP contribution >= 0.6 is 0 Å². The lowest BCUT2D eigenvalue weighted by Gasteiger charge is -2.29. The molecule has 1 aromatic rings. The van der Waals surface area contributed by atoms with Crippen LogP contribution in [0.25, 0.3) is 0 Å². The summed E-state index contributed by atoms with van der Waals surface area (Å²) in [5.74, 6) is 0.562. The highest BCUT2D eigenvalue weighted by atomic mass is 32.2. The van der Waals surface area contributed by atoms with E-state index in [-0.39, 0.29) is 11.4 Å². The Bertz CT molecular complexity index is 808. The molecule has 0 spiro atoms. The molecule has 2 fully saturated rings. The minimum absolute atomic E-state index is 0.151. The molecule has 1 aromatic carbocycles. The van der Waals surface area contributed by atoms with Crippen molar-refractivity contribution in [3.63, 3.8) is 0 Å². The first-order valence-electron chi connectivity index (χ1n) is 9.13. The van der Waals surface area contributed by atoms with Gasteiger partial charge in [-0.25, -0.2) is 8.42 Å². The maximum absolute atomic E-state index is 12.5. The summed E-state index contributed by atoms with van der Waals surface area (Å²) in [5.41, 5.74) is 0.735. The number of sulfonamides is 1. The van der Waals surface area contributed by atoms with Crippen molar-refractivity contribution in [3.8, 4) is 0 Å². The van der Waals surface area contributed by atoms with Crippen molar-refractivity contribution in [2.24, 2.45) is 5.92 Å². The van der Waals surface area contributed by atoms with Crippen LogP contribution in [0.2, 0.25) is 0 Å². The standard InChI is InChI=1S/C17H27N3O4S2/c1-15-8-12-20(13-9-15)26(23,24)18-14-16-4-6-17(7-5-16)25(21,22)19-10-2-3-11-19/h4-7,15,18H,2-3,8-14H2,1H3. The highest BCUT2D eigenvalue weighted by Gasteiger charge is 2.28. The Morgan fingerprint density at radius 3 is 2.08 bits per heavy atom. The van der Waals surface area contributed by atoms with Gasteiger partial charge in [-0.15, -0.1) is 0 Å². The third kappa shape index (κ3) is 4.45. The van der Waals surface area contributed by atoms with Gasteiger partial charge < -0.3 is 0 Å². The molecule has 0 unspecified atom stereocenters. The molecule has 2 aliphatic rings. The Morgan fingerprint density at radius 1 is 0.923 bits per heavy atom. The number of benzene rings is 1. The van der Waals surface area contributed by atoms with E-state index < -0.39 is 20.2 Å². The normalized spacial score (nSPS) is 21.3. The highest BCUT2D eigenvalue weighted by Crippen LogP contribution is 2.21. The van der Waals surface area contributed by atoms with Crippen molar-refractivity contribution in [2.45, 2.75) is 44.0 Å². The molecule has 2 saturated heterocycles. The lowest BCUT2D eigenvalue weighted by atomic mass is 10.0. The Balaban J connectivity index is 1.61. The minimum atomic E-state index is -3.50. The molecular weight excluding hydrogens is 374 g/mol. The van der Waals surface area contributed by atoms with Gasteiger partial charge in [0, 0.05) is 32.7 Å². The third-order valence-electron chi connectivity index (χ3n) is 5.17. The largest absolute Gasteiger partial charge is 0.279 e. The molecule has 1 N–H and O–H groups in total. The lowest BCUT2D eigenvalue weighted by molar-refractivity contribution is 0.285. The van der Waals surface area contributed by atoms with E-state index >= 15 is 0 Å². The molecule has 0 bridgehead atoms. The molecule has 2 heterocycles. The summed E-state index contributed by atoms with van der Waals surface area (Å²) in [4.78, 5) is 0.260. The summed E-state index contributed by atoms with van der Waals surface area (Å²) in [7, 11) is -6.93. The fraction of sp³-hybridized carbons (Fsp3) is 0.647. The Kier molecular flexibility index (Phi) is 6.03. The zero-order valence-electron chi connectivity index (χ0n) is 15.1. The van der Waals surface area contributed by atoms with Gasteiger partial charge in [0.1, 0.15) is 0 Å². The van der Waals surface area contributed by atoms with Gasteiger partial charge in [-0.1, -0.05) is 19.1 Å². The summed E-state index contributed by atoms with van der Waals surface area (Å²) >= 11 is 0. The van der Waals surface area contributed by atoms with Crippen molar-refractivity contribution >= 4 is 20.2 Å². The Labute approximate surface area is 156 Å². The smallest absolute Gasteiger partial charge is 0.207 e. The van der Waals surface area contributed by atoms with Crippen LogP contribution in [0.3, 0.4) is 0 Å². The van der Waals surface area contributed by atoms with Crippen molar-refractivity contribution in [2.75, 3.05) is 26.2 Å². The Hall–Kier alpha value is -1.00. The summed E-state index contributed by atoms with van der Waals surface area (Å²) < 4.78 is 55.4. The molecule has 0 radical (unpaired) electrons. The fourth-order valence-corrected chi connectivity index (χ4v) is 6.09. The summed E-state index contributed by atoms with van der Waals surface area (Å²) in [5, 5.41) is 0. The monoisotopic (exact) mass is 401 g/mol. The third-order valence-corrected chi connectivity index (χ3v) is 8.63. The van der Waals surface area contributed by atoms with Crippen LogP contribution in [0.1, 0.15) is 38.2 Å². The molecule has 26 heavy (non-hydrogen) atoms. The maximum atomic E-state index is 12.5. The average Bonchev–Trinajstić information content (AvgIpc) is 3.16. The van der Waals surface area contributed by atoms with E-state index in [4.69, 9.17) is 0 Å². The first kappa shape index (κ1) is 19.8. The van der Waals surface area contributed by atoms with E-state index in [1.807, 2.05) is 0 Å². The zero-order valence-corrected chi connectivity index (χ0v) is 16.7. The molecule has 0 aromatic heterocycles. The minimum Gasteiger partial charge on any atom is -0.207 e. The topological polar surface area (TPSA) is 86.8 Å². The number of rotatable bonds is 6. The Morgan fingerprint density at radius 2 is 1.50 bits per heavy atom. The van der Waals surface area contributed by atoms with Gasteiger partial charge in [0.25, 0.3) is 10.2 Å². The van der Waals surface area contributed by atoms with E-state index in [2.05, 4.69) is 11.6 Å². The van der Waals surface area contributed by atoms with Crippen molar-refractivity contribution < 1.29 is 16.8 Å². The molecule has 0 aliphatic carbocycles. The molecule has 2 aliphatic heterocycles. The predicted molar refractivity (Wildman–Crippen MR) is 100 cm³/mol. The number of hydrogen-bond donors (Lipinski definition) is 1. The number of nitrogens with one attached hydrogen (secondary N) is 1. The zero-order chi connectivity index (χ0) is 18.8. The van der Waals surface area contributed by atoms with Crippen LogP contribution in [-0.2, 0) is 26.8 Å². The second-order valence-corrected chi connectivity index (χ2v) is 10.9. The van der Waals surface area contributed by atoms with E-state index in [0.717, 1.165) is 31.2 Å². The number of piperidine rings is 1. The van der Waals surface area contributed by atoms with Crippen molar-refractivity contribution in [1.82, 2.24) is 13.3 Å². The van der Waals surface area contributed by atoms with E-state index in [0.29, 0.717) is 32.1 Å². The first-order valence-corrected chi connectivity index (χ1v) is 12.0. The molecule has 9 heteroatoms. The van der Waals surface area contributed by atoms with Gasteiger partial charge in [0.15, 0.2) is 0 Å². The molecular formula is C17H27N3O4S2. The molecule has 3 rings (SSSR count).